The summed E-state index contributed by atoms with van der Waals surface area (Å²) in [5, 5.41) is 21.2. The third-order valence-corrected chi connectivity index (χ3v) is 6.96. The first-order valence-corrected chi connectivity index (χ1v) is 15.0. The summed E-state index contributed by atoms with van der Waals surface area (Å²) < 4.78 is 0. The number of phenolic OH excluding ortho intramolecular Hbond substituents is 1. The van der Waals surface area contributed by atoms with Gasteiger partial charge in [-0.15, -0.1) is 0 Å². The second-order valence-corrected chi connectivity index (χ2v) is 10.5. The molecule has 0 spiro atoms. The average Bonchev–Trinajstić information content (AvgIpc) is 2.88. The zero-order valence-electron chi connectivity index (χ0n) is 23.4. The summed E-state index contributed by atoms with van der Waals surface area (Å²) >= 11 is 0. The molecule has 0 saturated carbocycles. The minimum atomic E-state index is -0.997. The molecule has 0 saturated heterocycles. The van der Waals surface area contributed by atoms with Crippen molar-refractivity contribution in [2.75, 3.05) is 5.32 Å². The zero-order chi connectivity index (χ0) is 27.0. The van der Waals surface area contributed by atoms with Crippen molar-refractivity contribution in [2.24, 2.45) is 5.92 Å². The number of amides is 1. The highest BCUT2D eigenvalue weighted by atomic mass is 16.4. The number of allylic oxidation sites excluding steroid dienone is 1. The van der Waals surface area contributed by atoms with Crippen LogP contribution in [0.2, 0.25) is 0 Å². The Morgan fingerprint density at radius 1 is 0.730 bits per heavy atom. The minimum Gasteiger partial charge on any atom is -0.508 e. The van der Waals surface area contributed by atoms with Crippen LogP contribution in [0.5, 0.6) is 5.75 Å². The van der Waals surface area contributed by atoms with E-state index in [0.29, 0.717) is 5.69 Å². The number of nitrogens with one attached hydrogen (secondary N) is 1. The number of hydrogen-bond acceptors (Lipinski definition) is 3. The number of carbonyl (C=O) groups is 2. The predicted octanol–water partition coefficient (Wildman–Crippen LogP) is 9.41. The van der Waals surface area contributed by atoms with Crippen molar-refractivity contribution in [3.63, 3.8) is 0 Å². The quantitative estimate of drug-likeness (QED) is 0.0727. The largest absolute Gasteiger partial charge is 0.508 e. The summed E-state index contributed by atoms with van der Waals surface area (Å²) in [6.45, 7) is 2.28. The van der Waals surface area contributed by atoms with Gasteiger partial charge >= 0.3 is 5.97 Å². The molecule has 37 heavy (non-hydrogen) atoms. The Labute approximate surface area is 226 Å². The molecule has 1 amide bonds. The Morgan fingerprint density at radius 2 is 1.16 bits per heavy atom. The number of carbonyl (C=O) groups excluding carboxylic acids is 1. The van der Waals surface area contributed by atoms with Gasteiger partial charge < -0.3 is 15.5 Å². The molecule has 3 N–H and O–H groups in total. The fourth-order valence-corrected chi connectivity index (χ4v) is 4.64. The van der Waals surface area contributed by atoms with Crippen molar-refractivity contribution in [3.8, 4) is 5.75 Å². The molecule has 1 atom stereocenters. The van der Waals surface area contributed by atoms with Gasteiger partial charge in [0.15, 0.2) is 0 Å². The van der Waals surface area contributed by atoms with Crippen LogP contribution in [0.3, 0.4) is 0 Å². The first-order valence-electron chi connectivity index (χ1n) is 15.0. The molecule has 0 heterocycles. The number of aliphatic carboxylic acids is 1. The van der Waals surface area contributed by atoms with Gasteiger partial charge in [0.1, 0.15) is 5.75 Å². The van der Waals surface area contributed by atoms with E-state index in [9.17, 15) is 14.7 Å². The molecule has 210 valence electrons. The molecular weight excluding hydrogens is 462 g/mol. The summed E-state index contributed by atoms with van der Waals surface area (Å²) in [5.41, 5.74) is 0.537. The van der Waals surface area contributed by atoms with Crippen LogP contribution in [-0.2, 0) is 9.59 Å². The number of benzene rings is 1. The maximum Gasteiger partial charge on any atom is 0.304 e. The van der Waals surface area contributed by atoms with Gasteiger partial charge in [-0.1, -0.05) is 128 Å². The van der Waals surface area contributed by atoms with Crippen LogP contribution in [-0.4, -0.2) is 22.1 Å². The molecule has 0 bridgehead atoms. The smallest absolute Gasteiger partial charge is 0.304 e. The van der Waals surface area contributed by atoms with E-state index in [-0.39, 0.29) is 18.1 Å². The SMILES string of the molecule is CCCCCCCCCCCCCCCCCCCCC=CC(CC(=O)O)C(=O)Nc1ccc(O)cc1. The lowest BCUT2D eigenvalue weighted by atomic mass is 10.0. The highest BCUT2D eigenvalue weighted by molar-refractivity contribution is 5.95. The summed E-state index contributed by atoms with van der Waals surface area (Å²) in [4.78, 5) is 23.7. The number of aromatic hydroxyl groups is 1. The van der Waals surface area contributed by atoms with Crippen molar-refractivity contribution in [1.82, 2.24) is 0 Å². The van der Waals surface area contributed by atoms with Gasteiger partial charge in [-0.05, 0) is 37.1 Å². The second-order valence-electron chi connectivity index (χ2n) is 10.5. The molecule has 0 fully saturated rings. The van der Waals surface area contributed by atoms with E-state index in [4.69, 9.17) is 5.11 Å². The molecule has 1 aromatic rings. The number of phenols is 1. The summed E-state index contributed by atoms with van der Waals surface area (Å²) in [6, 6.07) is 6.15. The highest BCUT2D eigenvalue weighted by Crippen LogP contribution is 2.17. The van der Waals surface area contributed by atoms with E-state index in [1.807, 2.05) is 6.08 Å². The Hall–Kier alpha value is -2.30. The van der Waals surface area contributed by atoms with Crippen LogP contribution in [0, 0.1) is 5.92 Å². The van der Waals surface area contributed by atoms with Gasteiger partial charge in [0, 0.05) is 5.69 Å². The van der Waals surface area contributed by atoms with Gasteiger partial charge in [0.2, 0.25) is 5.91 Å². The van der Waals surface area contributed by atoms with E-state index < -0.39 is 11.9 Å². The normalized spacial score (nSPS) is 12.1. The molecule has 5 heteroatoms. The lowest BCUT2D eigenvalue weighted by Gasteiger charge is -2.11. The van der Waals surface area contributed by atoms with Crippen molar-refractivity contribution in [2.45, 2.75) is 135 Å². The fraction of sp³-hybridized carbons (Fsp3) is 0.688. The Morgan fingerprint density at radius 3 is 1.59 bits per heavy atom. The third-order valence-electron chi connectivity index (χ3n) is 6.96. The number of anilines is 1. The van der Waals surface area contributed by atoms with Crippen LogP contribution >= 0.6 is 0 Å². The summed E-state index contributed by atoms with van der Waals surface area (Å²) in [6.07, 6.45) is 28.6. The number of carboxylic acid groups (broad SMARTS) is 1. The Bertz CT molecular complexity index is 729. The van der Waals surface area contributed by atoms with Crippen molar-refractivity contribution < 1.29 is 19.8 Å². The van der Waals surface area contributed by atoms with Crippen LogP contribution in [0.15, 0.2) is 36.4 Å². The van der Waals surface area contributed by atoms with Crippen molar-refractivity contribution in [3.05, 3.63) is 36.4 Å². The van der Waals surface area contributed by atoms with E-state index >= 15 is 0 Å². The molecular formula is C32H53NO4. The minimum absolute atomic E-state index is 0.115. The monoisotopic (exact) mass is 515 g/mol. The van der Waals surface area contributed by atoms with Crippen LogP contribution in [0.4, 0.5) is 5.69 Å². The Kier molecular flexibility index (Phi) is 20.2. The van der Waals surface area contributed by atoms with Gasteiger partial charge in [-0.3, -0.25) is 9.59 Å². The van der Waals surface area contributed by atoms with Gasteiger partial charge in [-0.2, -0.15) is 0 Å². The number of unbranched alkanes of at least 4 members (excludes halogenated alkanes) is 18. The number of hydrogen-bond donors (Lipinski definition) is 3. The molecule has 0 aliphatic rings. The number of rotatable bonds is 24. The molecule has 0 aliphatic heterocycles. The lowest BCUT2D eigenvalue weighted by molar-refractivity contribution is -0.139. The van der Waals surface area contributed by atoms with E-state index in [2.05, 4.69) is 12.2 Å². The second kappa shape index (κ2) is 22.9. The molecule has 1 rings (SSSR count). The van der Waals surface area contributed by atoms with Gasteiger partial charge in [-0.25, -0.2) is 0 Å². The van der Waals surface area contributed by atoms with Crippen LogP contribution in [0.1, 0.15) is 135 Å². The topological polar surface area (TPSA) is 86.6 Å². The molecule has 1 unspecified atom stereocenters. The summed E-state index contributed by atoms with van der Waals surface area (Å²) in [7, 11) is 0. The standard InChI is InChI=1S/C32H53NO4/c1-2-3-4-5-6-7-8-9-10-11-12-13-14-15-16-17-18-19-20-21-22-28(27-31(35)36)32(37)33-29-23-25-30(34)26-24-29/h21-26,28,34H,2-20,27H2,1H3,(H,33,37)(H,35,36). The first-order chi connectivity index (χ1) is 18.0. The lowest BCUT2D eigenvalue weighted by Crippen LogP contribution is -2.23. The van der Waals surface area contributed by atoms with Crippen molar-refractivity contribution >= 4 is 17.6 Å². The maximum absolute atomic E-state index is 12.5. The van der Waals surface area contributed by atoms with E-state index in [1.54, 1.807) is 18.2 Å². The molecule has 1 aromatic carbocycles. The molecule has 5 nitrogen and oxygen atoms in total. The van der Waals surface area contributed by atoms with Gasteiger partial charge in [0.05, 0.1) is 12.3 Å². The first kappa shape index (κ1) is 32.7. The molecule has 0 aromatic heterocycles. The molecule has 0 aliphatic carbocycles. The van der Waals surface area contributed by atoms with E-state index in [0.717, 1.165) is 12.8 Å². The predicted molar refractivity (Wildman–Crippen MR) is 155 cm³/mol. The summed E-state index contributed by atoms with van der Waals surface area (Å²) in [5.74, 6) is -1.93. The Balaban J connectivity index is 2.00. The average molecular weight is 516 g/mol. The van der Waals surface area contributed by atoms with Crippen LogP contribution in [0.25, 0.3) is 0 Å². The fourth-order valence-electron chi connectivity index (χ4n) is 4.64. The van der Waals surface area contributed by atoms with Crippen molar-refractivity contribution in [1.29, 1.82) is 0 Å². The van der Waals surface area contributed by atoms with Gasteiger partial charge in [0.25, 0.3) is 0 Å². The highest BCUT2D eigenvalue weighted by Gasteiger charge is 2.19. The zero-order valence-corrected chi connectivity index (χ0v) is 23.4. The number of carboxylic acids is 1. The van der Waals surface area contributed by atoms with E-state index in [1.165, 1.54) is 121 Å². The van der Waals surface area contributed by atoms with Crippen LogP contribution < -0.4 is 5.32 Å². The maximum atomic E-state index is 12.5. The molecule has 0 radical (unpaired) electrons. The third kappa shape index (κ3) is 19.5.